The van der Waals surface area contributed by atoms with Crippen molar-refractivity contribution in [1.29, 1.82) is 0 Å². The number of hydrogen-bond donors (Lipinski definition) is 0. The summed E-state index contributed by atoms with van der Waals surface area (Å²) < 4.78 is 0. The largest absolute Gasteiger partial charge is 2.00 e. The molecule has 3 nitrogen and oxygen atoms in total. The Balaban J connectivity index is 0.00000128. The predicted octanol–water partition coefficient (Wildman–Crippen LogP) is -0.0854. The molecule has 2 aromatic heterocycles. The molecule has 32 heavy (non-hydrogen) atoms. The van der Waals surface area contributed by atoms with Gasteiger partial charge in [-0.3, -0.25) is 9.97 Å². The minimum absolute atomic E-state index is 0. The van der Waals surface area contributed by atoms with Crippen molar-refractivity contribution in [3.8, 4) is 22.3 Å². The molecule has 0 unspecified atom stereocenters. The summed E-state index contributed by atoms with van der Waals surface area (Å²) in [5.41, 5.74) is 8.76. The Morgan fingerprint density at radius 3 is 1.22 bits per heavy atom. The minimum atomic E-state index is 0. The maximum atomic E-state index is 4.90. The maximum absolute atomic E-state index is 4.90. The average molecular weight is 515 g/mol. The summed E-state index contributed by atoms with van der Waals surface area (Å²) in [5, 5.41) is 2.28. The van der Waals surface area contributed by atoms with E-state index in [9.17, 15) is 0 Å². The van der Waals surface area contributed by atoms with Crippen molar-refractivity contribution in [1.82, 2.24) is 9.97 Å². The first kappa shape index (κ1) is 27.7. The van der Waals surface area contributed by atoms with Gasteiger partial charge in [0.05, 0.1) is 11.0 Å². The van der Waals surface area contributed by atoms with Crippen LogP contribution in [-0.2, 0) is 19.5 Å². The summed E-state index contributed by atoms with van der Waals surface area (Å²) in [4.78, 5) is 9.81. The number of benzene rings is 3. The molecule has 0 amide bonds. The number of rotatable bonds is 2. The zero-order valence-corrected chi connectivity index (χ0v) is 22.4. The first-order chi connectivity index (χ1) is 13.7. The van der Waals surface area contributed by atoms with Gasteiger partial charge in [0.15, 0.2) is 0 Å². The Morgan fingerprint density at radius 2 is 0.875 bits per heavy atom. The summed E-state index contributed by atoms with van der Waals surface area (Å²) in [6, 6.07) is 29.7. The molecule has 0 aliphatic rings. The first-order valence-electron chi connectivity index (χ1n) is 9.53. The van der Waals surface area contributed by atoms with Crippen LogP contribution in [0.15, 0.2) is 84.9 Å². The van der Waals surface area contributed by atoms with Crippen molar-refractivity contribution in [2.24, 2.45) is 0 Å². The molecule has 2 heterocycles. The van der Waals surface area contributed by atoms with Gasteiger partial charge < -0.3 is 30.3 Å². The Bertz CT molecular complexity index is 1230. The number of hydrogen-bond acceptors (Lipinski definition) is 2. The van der Waals surface area contributed by atoms with Gasteiger partial charge in [0.25, 0.3) is 0 Å². The van der Waals surface area contributed by atoms with E-state index >= 15 is 0 Å². The molecule has 3 aromatic carbocycles. The fourth-order valence-corrected chi connectivity index (χ4v) is 3.94. The Labute approximate surface area is 213 Å². The molecule has 158 valence electrons. The van der Waals surface area contributed by atoms with Gasteiger partial charge in [-0.25, -0.2) is 0 Å². The van der Waals surface area contributed by atoms with Gasteiger partial charge >= 0.3 is 19.5 Å². The predicted molar refractivity (Wildman–Crippen MR) is 121 cm³/mol. The second-order valence-electron chi connectivity index (χ2n) is 7.21. The van der Waals surface area contributed by atoms with E-state index in [2.05, 4.69) is 86.6 Å². The van der Waals surface area contributed by atoms with Crippen molar-refractivity contribution in [3.63, 3.8) is 0 Å². The van der Waals surface area contributed by atoms with Crippen molar-refractivity contribution in [2.75, 3.05) is 0 Å². The van der Waals surface area contributed by atoms with Gasteiger partial charge in [-0.15, -0.1) is 0 Å². The molecule has 0 atom stereocenters. The third kappa shape index (κ3) is 5.00. The standard InChI is InChI=1S/C26H20N2.2ClH.H2O.Zn/c1-17-15-23(19-9-5-3-6-10-19)21-13-14-22-24(20-11-7-4-8-12-20)16-18(2)28-26(22)25(21)27-17;;;;/h3-16H,1-2H3;2*1H;1H2;/q;;;;+2/p-2. The van der Waals surface area contributed by atoms with Crippen LogP contribution >= 0.6 is 0 Å². The van der Waals surface area contributed by atoms with Crippen molar-refractivity contribution >= 4 is 21.8 Å². The van der Waals surface area contributed by atoms with Crippen LogP contribution in [0.25, 0.3) is 44.1 Å². The molecular formula is C26H22Cl2N2OZn. The van der Waals surface area contributed by atoms with Gasteiger partial charge in [-0.05, 0) is 48.2 Å². The van der Waals surface area contributed by atoms with Gasteiger partial charge in [-0.1, -0.05) is 72.8 Å². The van der Waals surface area contributed by atoms with Crippen molar-refractivity contribution < 1.29 is 49.8 Å². The number of aromatic nitrogens is 2. The molecule has 5 aromatic rings. The average Bonchev–Trinajstić information content (AvgIpc) is 2.74. The molecule has 5 rings (SSSR count). The molecule has 0 fully saturated rings. The van der Waals surface area contributed by atoms with Crippen molar-refractivity contribution in [2.45, 2.75) is 13.8 Å². The smallest absolute Gasteiger partial charge is 1.00 e. The third-order valence-corrected chi connectivity index (χ3v) is 5.18. The number of nitrogens with zero attached hydrogens (tertiary/aromatic N) is 2. The van der Waals surface area contributed by atoms with E-state index < -0.39 is 0 Å². The SMILES string of the molecule is Cc1cc(-c2ccccc2)c2ccc3c(-c4ccccc4)cc(C)nc3c2n1.O.[Cl-].[Cl-].[Zn+2]. The molecule has 0 spiro atoms. The van der Waals surface area contributed by atoms with E-state index in [0.29, 0.717) is 0 Å². The van der Waals surface area contributed by atoms with Crippen LogP contribution in [0.3, 0.4) is 0 Å². The molecule has 0 radical (unpaired) electrons. The molecule has 0 aliphatic heterocycles. The first-order valence-corrected chi connectivity index (χ1v) is 9.53. The van der Waals surface area contributed by atoms with E-state index in [4.69, 9.17) is 9.97 Å². The topological polar surface area (TPSA) is 57.3 Å². The van der Waals surface area contributed by atoms with E-state index in [0.717, 1.165) is 33.2 Å². The Morgan fingerprint density at radius 1 is 0.531 bits per heavy atom. The fraction of sp³-hybridized carbons (Fsp3) is 0.0769. The van der Waals surface area contributed by atoms with E-state index in [1.54, 1.807) is 0 Å². The Hall–Kier alpha value is -2.36. The summed E-state index contributed by atoms with van der Waals surface area (Å²) >= 11 is 0. The van der Waals surface area contributed by atoms with Crippen LogP contribution in [0.5, 0.6) is 0 Å². The zero-order valence-electron chi connectivity index (χ0n) is 17.9. The molecule has 0 aliphatic carbocycles. The zero-order chi connectivity index (χ0) is 19.1. The monoisotopic (exact) mass is 512 g/mol. The second kappa shape index (κ2) is 11.5. The number of fused-ring (bicyclic) bond motifs is 3. The minimum Gasteiger partial charge on any atom is -1.00 e. The van der Waals surface area contributed by atoms with Crippen molar-refractivity contribution in [3.05, 3.63) is 96.3 Å². The Kier molecular flexibility index (Phi) is 9.94. The second-order valence-corrected chi connectivity index (χ2v) is 7.21. The number of pyridine rings is 2. The van der Waals surface area contributed by atoms with Gasteiger partial charge in [0, 0.05) is 22.2 Å². The van der Waals surface area contributed by atoms with E-state index in [1.807, 2.05) is 12.1 Å². The fourth-order valence-electron chi connectivity index (χ4n) is 3.94. The van der Waals surface area contributed by atoms with Gasteiger partial charge in [-0.2, -0.15) is 0 Å². The molecule has 0 saturated carbocycles. The normalized spacial score (nSPS) is 9.81. The summed E-state index contributed by atoms with van der Waals surface area (Å²) in [5.74, 6) is 0. The third-order valence-electron chi connectivity index (χ3n) is 5.18. The summed E-state index contributed by atoms with van der Waals surface area (Å²) in [6.07, 6.45) is 0. The van der Waals surface area contributed by atoms with E-state index in [-0.39, 0.29) is 49.8 Å². The van der Waals surface area contributed by atoms with Crippen LogP contribution in [0.4, 0.5) is 0 Å². The maximum Gasteiger partial charge on any atom is 2.00 e. The van der Waals surface area contributed by atoms with Gasteiger partial charge in [0.1, 0.15) is 0 Å². The quantitative estimate of drug-likeness (QED) is 0.244. The summed E-state index contributed by atoms with van der Waals surface area (Å²) in [7, 11) is 0. The summed E-state index contributed by atoms with van der Waals surface area (Å²) in [6.45, 7) is 4.11. The van der Waals surface area contributed by atoms with Crippen LogP contribution in [0, 0.1) is 13.8 Å². The number of aryl methyl sites for hydroxylation is 2. The van der Waals surface area contributed by atoms with Crippen LogP contribution in [0.2, 0.25) is 0 Å². The van der Waals surface area contributed by atoms with Crippen LogP contribution in [-0.4, -0.2) is 15.4 Å². The molecule has 0 saturated heterocycles. The molecule has 6 heteroatoms. The van der Waals surface area contributed by atoms with Crippen LogP contribution in [0.1, 0.15) is 11.4 Å². The molecular weight excluding hydrogens is 493 g/mol. The van der Waals surface area contributed by atoms with E-state index in [1.165, 1.54) is 22.3 Å². The van der Waals surface area contributed by atoms with Crippen LogP contribution < -0.4 is 24.8 Å². The molecule has 2 N–H and O–H groups in total. The number of halogens is 2. The molecule has 0 bridgehead atoms. The van der Waals surface area contributed by atoms with Gasteiger partial charge in [0.2, 0.25) is 0 Å².